The van der Waals surface area contributed by atoms with Crippen molar-refractivity contribution in [3.05, 3.63) is 107 Å². The topological polar surface area (TPSA) is 130 Å². The number of carbonyl (C=O) groups is 1. The number of nitrogens with zero attached hydrogens (tertiary/aromatic N) is 2. The van der Waals surface area contributed by atoms with E-state index in [0.717, 1.165) is 27.8 Å². The summed E-state index contributed by atoms with van der Waals surface area (Å²) in [4.78, 5) is 30.8. The molecule has 0 bridgehead atoms. The molecule has 10 nitrogen and oxygen atoms in total. The molecular weight excluding hydrogens is 510 g/mol. The fraction of sp³-hybridized carbons (Fsp3) is 0.167. The third-order valence-corrected chi connectivity index (χ3v) is 6.19. The second-order valence-corrected chi connectivity index (χ2v) is 8.99. The Morgan fingerprint density at radius 1 is 0.925 bits per heavy atom. The Balaban J connectivity index is 1.31. The fourth-order valence-electron chi connectivity index (χ4n) is 4.30. The summed E-state index contributed by atoms with van der Waals surface area (Å²) in [7, 11) is 0. The Bertz CT molecular complexity index is 1650. The summed E-state index contributed by atoms with van der Waals surface area (Å²) in [6, 6.07) is 25.3. The van der Waals surface area contributed by atoms with Crippen LogP contribution in [0.3, 0.4) is 0 Å². The molecule has 0 aliphatic carbocycles. The summed E-state index contributed by atoms with van der Waals surface area (Å²) in [6.45, 7) is 1.74. The number of aromatic nitrogens is 3. The van der Waals surface area contributed by atoms with Gasteiger partial charge < -0.3 is 30.2 Å². The number of nitrogens with one attached hydrogen (secondary N) is 3. The summed E-state index contributed by atoms with van der Waals surface area (Å²) < 4.78 is 12.8. The quantitative estimate of drug-likeness (QED) is 0.170. The molecule has 0 fully saturated rings. The van der Waals surface area contributed by atoms with Gasteiger partial charge in [0.1, 0.15) is 12.4 Å². The minimum atomic E-state index is -1.09. The molecule has 0 radical (unpaired) electrons. The fourth-order valence-corrected chi connectivity index (χ4v) is 4.30. The van der Waals surface area contributed by atoms with E-state index < -0.39 is 6.09 Å². The lowest BCUT2D eigenvalue weighted by atomic mass is 10.1. The average Bonchev–Trinajstić information content (AvgIpc) is 3.31. The van der Waals surface area contributed by atoms with Gasteiger partial charge in [-0.1, -0.05) is 42.5 Å². The van der Waals surface area contributed by atoms with Crippen LogP contribution in [0.4, 0.5) is 10.5 Å². The predicted molar refractivity (Wildman–Crippen MR) is 153 cm³/mol. The molecule has 1 amide bonds. The highest BCUT2D eigenvalue weighted by molar-refractivity contribution is 5.84. The number of imidazole rings is 1. The molecule has 10 heteroatoms. The van der Waals surface area contributed by atoms with Crippen molar-refractivity contribution in [1.29, 1.82) is 0 Å². The molecule has 0 spiro atoms. The first-order valence-corrected chi connectivity index (χ1v) is 12.8. The van der Waals surface area contributed by atoms with E-state index in [0.29, 0.717) is 24.6 Å². The second kappa shape index (κ2) is 12.6. The first kappa shape index (κ1) is 26.5. The van der Waals surface area contributed by atoms with Crippen LogP contribution < -0.4 is 21.1 Å². The van der Waals surface area contributed by atoms with Gasteiger partial charge in [0.15, 0.2) is 0 Å². The molecule has 2 aromatic heterocycles. The highest BCUT2D eigenvalue weighted by atomic mass is 16.5. The van der Waals surface area contributed by atoms with Crippen molar-refractivity contribution in [3.8, 4) is 22.6 Å². The Hall–Kier alpha value is -5.09. The molecule has 0 unspecified atom stereocenters. The van der Waals surface area contributed by atoms with E-state index in [4.69, 9.17) is 14.6 Å². The molecule has 0 aliphatic rings. The van der Waals surface area contributed by atoms with Gasteiger partial charge in [-0.05, 0) is 41.5 Å². The zero-order valence-corrected chi connectivity index (χ0v) is 21.7. The number of benzene rings is 3. The standard InChI is InChI=1S/C30H29N5O5/c36-29-34-27-10-9-22(23-15-24(20-31-19-23)33-18-21-5-2-1-3-6-21)16-28(27)35(29)25-7-4-8-26(17-25)40-14-13-39-12-11-32-30(37)38/h1-10,15-17,19-20,32-33H,11-14,18H2,(H,34,36)(H,37,38). The Morgan fingerprint density at radius 3 is 2.65 bits per heavy atom. The van der Waals surface area contributed by atoms with Crippen molar-refractivity contribution >= 4 is 22.8 Å². The summed E-state index contributed by atoms with van der Waals surface area (Å²) in [6.07, 6.45) is 2.51. The number of carboxylic acid groups (broad SMARTS) is 1. The van der Waals surface area contributed by atoms with Crippen LogP contribution in [0.15, 0.2) is 96.1 Å². The van der Waals surface area contributed by atoms with E-state index in [2.05, 4.69) is 32.7 Å². The number of rotatable bonds is 12. The summed E-state index contributed by atoms with van der Waals surface area (Å²) in [5.41, 5.74) is 5.79. The van der Waals surface area contributed by atoms with Crippen molar-refractivity contribution in [2.45, 2.75) is 6.54 Å². The van der Waals surface area contributed by atoms with Crippen LogP contribution in [0, 0.1) is 0 Å². The molecule has 204 valence electrons. The molecule has 5 aromatic rings. The zero-order valence-electron chi connectivity index (χ0n) is 21.7. The number of amides is 1. The molecule has 2 heterocycles. The van der Waals surface area contributed by atoms with Gasteiger partial charge in [-0.3, -0.25) is 9.55 Å². The van der Waals surface area contributed by atoms with E-state index in [1.165, 1.54) is 5.56 Å². The molecule has 40 heavy (non-hydrogen) atoms. The predicted octanol–water partition coefficient (Wildman–Crippen LogP) is 4.66. The lowest BCUT2D eigenvalue weighted by Gasteiger charge is -2.10. The third kappa shape index (κ3) is 6.66. The van der Waals surface area contributed by atoms with Gasteiger partial charge in [0.25, 0.3) is 0 Å². The highest BCUT2D eigenvalue weighted by Gasteiger charge is 2.12. The summed E-state index contributed by atoms with van der Waals surface area (Å²) in [5, 5.41) is 14.2. The molecule has 4 N–H and O–H groups in total. The first-order valence-electron chi connectivity index (χ1n) is 12.8. The number of pyridine rings is 1. The van der Waals surface area contributed by atoms with Crippen LogP contribution in [0.5, 0.6) is 5.75 Å². The van der Waals surface area contributed by atoms with Gasteiger partial charge >= 0.3 is 11.8 Å². The number of aromatic amines is 1. The van der Waals surface area contributed by atoms with Crippen LogP contribution in [0.25, 0.3) is 27.8 Å². The van der Waals surface area contributed by atoms with Gasteiger partial charge in [0.05, 0.1) is 35.6 Å². The highest BCUT2D eigenvalue weighted by Crippen LogP contribution is 2.27. The second-order valence-electron chi connectivity index (χ2n) is 8.99. The molecule has 3 aromatic carbocycles. The van der Waals surface area contributed by atoms with Crippen molar-refractivity contribution in [1.82, 2.24) is 19.9 Å². The van der Waals surface area contributed by atoms with E-state index in [9.17, 15) is 9.59 Å². The third-order valence-electron chi connectivity index (χ3n) is 6.19. The van der Waals surface area contributed by atoms with Gasteiger partial charge in [0, 0.05) is 37.1 Å². The number of hydrogen-bond donors (Lipinski definition) is 4. The van der Waals surface area contributed by atoms with Crippen LogP contribution >= 0.6 is 0 Å². The smallest absolute Gasteiger partial charge is 0.404 e. The van der Waals surface area contributed by atoms with Crippen LogP contribution in [0.2, 0.25) is 0 Å². The summed E-state index contributed by atoms with van der Waals surface area (Å²) in [5.74, 6) is 0.587. The molecule has 0 saturated heterocycles. The van der Waals surface area contributed by atoms with Gasteiger partial charge in [-0.15, -0.1) is 0 Å². The largest absolute Gasteiger partial charge is 0.491 e. The Labute approximate surface area is 230 Å². The number of ether oxygens (including phenoxy) is 2. The normalized spacial score (nSPS) is 10.9. The monoisotopic (exact) mass is 539 g/mol. The Morgan fingerprint density at radius 2 is 1.80 bits per heavy atom. The van der Waals surface area contributed by atoms with Crippen LogP contribution in [0.1, 0.15) is 5.56 Å². The van der Waals surface area contributed by atoms with Crippen molar-refractivity contribution in [2.75, 3.05) is 31.7 Å². The SMILES string of the molecule is O=C(O)NCCOCCOc1cccc(-n2c(=O)[nH]c3ccc(-c4cncc(NCc5ccccc5)c4)cc32)c1. The maximum absolute atomic E-state index is 13.0. The number of hydrogen-bond acceptors (Lipinski definition) is 6. The lowest BCUT2D eigenvalue weighted by Crippen LogP contribution is -2.25. The van der Waals surface area contributed by atoms with Gasteiger partial charge in [-0.25, -0.2) is 9.59 Å². The first-order chi connectivity index (χ1) is 19.6. The Kier molecular flexibility index (Phi) is 8.38. The zero-order chi connectivity index (χ0) is 27.7. The minimum Gasteiger partial charge on any atom is -0.491 e. The van der Waals surface area contributed by atoms with Crippen LogP contribution in [-0.2, 0) is 11.3 Å². The van der Waals surface area contributed by atoms with Crippen molar-refractivity contribution in [2.24, 2.45) is 0 Å². The van der Waals surface area contributed by atoms with Gasteiger partial charge in [0.2, 0.25) is 0 Å². The lowest BCUT2D eigenvalue weighted by molar-refractivity contribution is 0.101. The van der Waals surface area contributed by atoms with Crippen molar-refractivity contribution in [3.63, 3.8) is 0 Å². The number of anilines is 1. The van der Waals surface area contributed by atoms with E-state index >= 15 is 0 Å². The molecule has 5 rings (SSSR count). The molecule has 0 aliphatic heterocycles. The van der Waals surface area contributed by atoms with Crippen molar-refractivity contribution < 1.29 is 19.4 Å². The molecule has 0 saturated carbocycles. The maximum Gasteiger partial charge on any atom is 0.404 e. The number of fused-ring (bicyclic) bond motifs is 1. The van der Waals surface area contributed by atoms with E-state index in [1.54, 1.807) is 29.1 Å². The number of H-pyrrole nitrogens is 1. The summed E-state index contributed by atoms with van der Waals surface area (Å²) >= 11 is 0. The van der Waals surface area contributed by atoms with Gasteiger partial charge in [-0.2, -0.15) is 0 Å². The molecular formula is C30H29N5O5. The minimum absolute atomic E-state index is 0.209. The van der Waals surface area contributed by atoms with E-state index in [1.807, 2.05) is 54.6 Å². The maximum atomic E-state index is 13.0. The van der Waals surface area contributed by atoms with Crippen LogP contribution in [-0.4, -0.2) is 52.1 Å². The average molecular weight is 540 g/mol. The molecule has 0 atom stereocenters. The van der Waals surface area contributed by atoms with E-state index in [-0.39, 0.29) is 25.4 Å².